The maximum Gasteiger partial charge on any atom is 0.200 e. The van der Waals surface area contributed by atoms with E-state index in [0.717, 1.165) is 31.2 Å². The fourth-order valence-electron chi connectivity index (χ4n) is 3.06. The summed E-state index contributed by atoms with van der Waals surface area (Å²) in [6, 6.07) is 13.6. The molecule has 1 aliphatic rings. The van der Waals surface area contributed by atoms with Crippen LogP contribution >= 0.6 is 0 Å². The van der Waals surface area contributed by atoms with Gasteiger partial charge in [0.05, 0.1) is 17.4 Å². The molecule has 1 N–H and O–H groups in total. The Labute approximate surface area is 146 Å². The van der Waals surface area contributed by atoms with Crippen LogP contribution in [0, 0.1) is 0 Å². The van der Waals surface area contributed by atoms with E-state index in [4.69, 9.17) is 9.15 Å². The van der Waals surface area contributed by atoms with Gasteiger partial charge in [0.15, 0.2) is 0 Å². The van der Waals surface area contributed by atoms with Gasteiger partial charge in [-0.1, -0.05) is 12.1 Å². The van der Waals surface area contributed by atoms with E-state index >= 15 is 0 Å². The topological polar surface area (TPSA) is 51.5 Å². The number of ether oxygens (including phenoxy) is 1. The maximum atomic E-state index is 12.5. The van der Waals surface area contributed by atoms with Crippen molar-refractivity contribution in [2.24, 2.45) is 0 Å². The highest BCUT2D eigenvalue weighted by atomic mass is 16.5. The molecule has 0 aliphatic heterocycles. The van der Waals surface area contributed by atoms with Gasteiger partial charge in [-0.3, -0.25) is 4.79 Å². The van der Waals surface area contributed by atoms with Crippen LogP contribution in [0.15, 0.2) is 51.7 Å². The first kappa shape index (κ1) is 16.2. The number of hydrogen-bond donors (Lipinski definition) is 1. The molecule has 4 rings (SSSR count). The molecule has 0 spiro atoms. The lowest BCUT2D eigenvalue weighted by atomic mass is 10.1. The zero-order valence-electron chi connectivity index (χ0n) is 14.3. The van der Waals surface area contributed by atoms with Crippen molar-refractivity contribution in [1.82, 2.24) is 5.32 Å². The minimum absolute atomic E-state index is 0.00608. The molecule has 1 aliphatic carbocycles. The van der Waals surface area contributed by atoms with Gasteiger partial charge in [-0.2, -0.15) is 0 Å². The minimum Gasteiger partial charge on any atom is -0.493 e. The lowest BCUT2D eigenvalue weighted by Gasteiger charge is -2.08. The maximum absolute atomic E-state index is 12.5. The summed E-state index contributed by atoms with van der Waals surface area (Å²) in [5, 5.41) is 4.73. The van der Waals surface area contributed by atoms with Crippen molar-refractivity contribution in [2.45, 2.75) is 38.1 Å². The third kappa shape index (κ3) is 3.85. The van der Waals surface area contributed by atoms with E-state index in [1.54, 1.807) is 12.1 Å². The molecule has 1 heterocycles. The second kappa shape index (κ2) is 7.28. The van der Waals surface area contributed by atoms with Crippen LogP contribution in [0.25, 0.3) is 21.9 Å². The van der Waals surface area contributed by atoms with Gasteiger partial charge in [-0.15, -0.1) is 0 Å². The molecular weight excluding hydrogens is 314 g/mol. The zero-order valence-corrected chi connectivity index (χ0v) is 14.3. The first-order valence-corrected chi connectivity index (χ1v) is 9.13. The summed E-state index contributed by atoms with van der Waals surface area (Å²) in [5.74, 6) is 0.752. The average Bonchev–Trinajstić information content (AvgIpc) is 3.45. The molecule has 0 unspecified atom stereocenters. The Morgan fingerprint density at radius 2 is 1.84 bits per heavy atom. The van der Waals surface area contributed by atoms with Crippen molar-refractivity contribution in [3.05, 3.63) is 52.7 Å². The summed E-state index contributed by atoms with van der Waals surface area (Å²) < 4.78 is 11.7. The van der Waals surface area contributed by atoms with E-state index in [1.165, 1.54) is 19.3 Å². The number of benzene rings is 2. The molecule has 1 aromatic heterocycles. The van der Waals surface area contributed by atoms with Gasteiger partial charge in [0.1, 0.15) is 16.9 Å². The number of fused-ring (bicyclic) bond motifs is 2. The number of unbranched alkanes of at least 4 members (excludes halogenated alkanes) is 2. The predicted molar refractivity (Wildman–Crippen MR) is 100 cm³/mol. The molecule has 0 saturated heterocycles. The van der Waals surface area contributed by atoms with Gasteiger partial charge in [0, 0.05) is 12.1 Å². The molecule has 1 saturated carbocycles. The molecule has 4 nitrogen and oxygen atoms in total. The summed E-state index contributed by atoms with van der Waals surface area (Å²) in [4.78, 5) is 12.5. The number of nitrogens with one attached hydrogen (secondary N) is 1. The first-order valence-electron chi connectivity index (χ1n) is 9.13. The van der Waals surface area contributed by atoms with Crippen molar-refractivity contribution in [2.75, 3.05) is 13.2 Å². The van der Waals surface area contributed by atoms with E-state index in [2.05, 4.69) is 5.32 Å². The number of rotatable bonds is 8. The summed E-state index contributed by atoms with van der Waals surface area (Å²) in [5.41, 5.74) is 1.20. The minimum atomic E-state index is 0.00608. The monoisotopic (exact) mass is 337 g/mol. The highest BCUT2D eigenvalue weighted by Crippen LogP contribution is 2.23. The summed E-state index contributed by atoms with van der Waals surface area (Å²) >= 11 is 0. The second-order valence-electron chi connectivity index (χ2n) is 6.72. The Balaban J connectivity index is 1.37. The Bertz CT molecular complexity index is 927. The fourth-order valence-corrected chi connectivity index (χ4v) is 3.06. The van der Waals surface area contributed by atoms with Crippen LogP contribution in [0.1, 0.15) is 32.1 Å². The number of hydrogen-bond acceptors (Lipinski definition) is 4. The third-order valence-electron chi connectivity index (χ3n) is 4.65. The van der Waals surface area contributed by atoms with E-state index < -0.39 is 0 Å². The van der Waals surface area contributed by atoms with Gasteiger partial charge in [0.2, 0.25) is 5.43 Å². The van der Waals surface area contributed by atoms with Gasteiger partial charge in [0.25, 0.3) is 0 Å². The Morgan fingerprint density at radius 3 is 2.72 bits per heavy atom. The molecule has 4 heteroatoms. The lowest BCUT2D eigenvalue weighted by Crippen LogP contribution is -2.17. The van der Waals surface area contributed by atoms with Gasteiger partial charge in [-0.05, 0) is 62.9 Å². The van der Waals surface area contributed by atoms with Crippen LogP contribution in [0.3, 0.4) is 0 Å². The smallest absolute Gasteiger partial charge is 0.200 e. The SMILES string of the molecule is O=c1c2ccccc2oc2cc(OCCCCCNC3CC3)ccc12. The van der Waals surface area contributed by atoms with E-state index in [9.17, 15) is 4.79 Å². The van der Waals surface area contributed by atoms with Gasteiger partial charge in [-0.25, -0.2) is 0 Å². The van der Waals surface area contributed by atoms with E-state index in [-0.39, 0.29) is 5.43 Å². The molecule has 25 heavy (non-hydrogen) atoms. The van der Waals surface area contributed by atoms with Gasteiger partial charge < -0.3 is 14.5 Å². The highest BCUT2D eigenvalue weighted by molar-refractivity contribution is 5.90. The molecule has 0 radical (unpaired) electrons. The standard InChI is InChI=1S/C21H23NO3/c23-21-17-6-2-3-7-19(17)25-20-14-16(10-11-18(20)21)24-13-5-1-4-12-22-15-8-9-15/h2-3,6-7,10-11,14-15,22H,1,4-5,8-9,12-13H2. The molecule has 0 bridgehead atoms. The Kier molecular flexibility index (Phi) is 4.70. The molecule has 2 aromatic carbocycles. The Morgan fingerprint density at radius 1 is 1.00 bits per heavy atom. The largest absolute Gasteiger partial charge is 0.493 e. The molecule has 130 valence electrons. The summed E-state index contributed by atoms with van der Waals surface area (Å²) in [6.45, 7) is 1.80. The van der Waals surface area contributed by atoms with E-state index in [1.807, 2.05) is 30.3 Å². The molecule has 0 amide bonds. The first-order chi connectivity index (χ1) is 12.3. The molecule has 3 aromatic rings. The van der Waals surface area contributed by atoms with Gasteiger partial charge >= 0.3 is 0 Å². The van der Waals surface area contributed by atoms with Crippen LogP contribution in [-0.2, 0) is 0 Å². The van der Waals surface area contributed by atoms with Crippen molar-refractivity contribution in [3.63, 3.8) is 0 Å². The lowest BCUT2D eigenvalue weighted by molar-refractivity contribution is 0.305. The quantitative estimate of drug-likeness (QED) is 0.493. The fraction of sp³-hybridized carbons (Fsp3) is 0.381. The van der Waals surface area contributed by atoms with Crippen molar-refractivity contribution in [3.8, 4) is 5.75 Å². The molecular formula is C21H23NO3. The van der Waals surface area contributed by atoms with E-state index in [0.29, 0.717) is 28.5 Å². The summed E-state index contributed by atoms with van der Waals surface area (Å²) in [7, 11) is 0. The van der Waals surface area contributed by atoms with Crippen molar-refractivity contribution < 1.29 is 9.15 Å². The zero-order chi connectivity index (χ0) is 17.1. The normalized spacial score (nSPS) is 14.2. The summed E-state index contributed by atoms with van der Waals surface area (Å²) in [6.07, 6.45) is 6.07. The third-order valence-corrected chi connectivity index (χ3v) is 4.65. The van der Waals surface area contributed by atoms with Crippen LogP contribution < -0.4 is 15.5 Å². The number of para-hydroxylation sites is 1. The van der Waals surface area contributed by atoms with Crippen LogP contribution in [-0.4, -0.2) is 19.2 Å². The van der Waals surface area contributed by atoms with Crippen molar-refractivity contribution in [1.29, 1.82) is 0 Å². The second-order valence-corrected chi connectivity index (χ2v) is 6.72. The van der Waals surface area contributed by atoms with Crippen LogP contribution in [0.2, 0.25) is 0 Å². The van der Waals surface area contributed by atoms with Crippen molar-refractivity contribution >= 4 is 21.9 Å². The van der Waals surface area contributed by atoms with Crippen LogP contribution in [0.4, 0.5) is 0 Å². The molecule has 0 atom stereocenters. The highest BCUT2D eigenvalue weighted by Gasteiger charge is 2.19. The Hall–Kier alpha value is -2.33. The molecule has 1 fully saturated rings. The average molecular weight is 337 g/mol. The van der Waals surface area contributed by atoms with Crippen LogP contribution in [0.5, 0.6) is 5.75 Å². The predicted octanol–water partition coefficient (Wildman–Crippen LogP) is 4.25.